The van der Waals surface area contributed by atoms with Crippen molar-refractivity contribution in [1.82, 2.24) is 9.38 Å². The normalized spacial score (nSPS) is 10.8. The van der Waals surface area contributed by atoms with E-state index in [4.69, 9.17) is 9.47 Å². The lowest BCUT2D eigenvalue weighted by atomic mass is 10.2. The molecule has 0 aliphatic heterocycles. The highest BCUT2D eigenvalue weighted by molar-refractivity contribution is 9.10. The fourth-order valence-corrected chi connectivity index (χ4v) is 3.27. The number of fused-ring (bicyclic) bond motifs is 1. The number of halogens is 1. The van der Waals surface area contributed by atoms with Gasteiger partial charge in [0.1, 0.15) is 22.8 Å². The van der Waals surface area contributed by atoms with Crippen molar-refractivity contribution in [3.8, 4) is 11.5 Å². The molecular formula is C18H18BrN3O3. The zero-order chi connectivity index (χ0) is 18.1. The number of hydrogen-bond donors (Lipinski definition) is 1. The molecular weight excluding hydrogens is 386 g/mol. The highest BCUT2D eigenvalue weighted by Gasteiger charge is 2.18. The predicted molar refractivity (Wildman–Crippen MR) is 99.9 cm³/mol. The van der Waals surface area contributed by atoms with Gasteiger partial charge in [-0.25, -0.2) is 4.98 Å². The molecule has 0 aliphatic carbocycles. The van der Waals surface area contributed by atoms with Gasteiger partial charge in [-0.3, -0.25) is 9.20 Å². The van der Waals surface area contributed by atoms with Crippen molar-refractivity contribution in [2.24, 2.45) is 0 Å². The standard InChI is InChI=1S/C18H18BrN3O3/c1-10-5-12(19)9-22-16(11(2)20-17(10)22)18(23)21-13-6-14(24-3)8-15(7-13)25-4/h5-9H,1-4H3,(H,21,23). The summed E-state index contributed by atoms with van der Waals surface area (Å²) in [6.45, 7) is 3.78. The molecule has 25 heavy (non-hydrogen) atoms. The lowest BCUT2D eigenvalue weighted by Crippen LogP contribution is -2.16. The Morgan fingerprint density at radius 3 is 2.36 bits per heavy atom. The first kappa shape index (κ1) is 17.3. The number of hydrogen-bond acceptors (Lipinski definition) is 4. The first-order valence-corrected chi connectivity index (χ1v) is 8.41. The highest BCUT2D eigenvalue weighted by atomic mass is 79.9. The average molecular weight is 404 g/mol. The molecule has 130 valence electrons. The predicted octanol–water partition coefficient (Wildman–Crippen LogP) is 3.98. The lowest BCUT2D eigenvalue weighted by molar-refractivity contribution is 0.102. The third-order valence-corrected chi connectivity index (χ3v) is 4.30. The van der Waals surface area contributed by atoms with Crippen molar-refractivity contribution in [3.63, 3.8) is 0 Å². The number of anilines is 1. The van der Waals surface area contributed by atoms with Gasteiger partial charge in [-0.2, -0.15) is 0 Å². The largest absolute Gasteiger partial charge is 0.497 e. The number of imidazole rings is 1. The van der Waals surface area contributed by atoms with Crippen molar-refractivity contribution < 1.29 is 14.3 Å². The Hall–Kier alpha value is -2.54. The maximum absolute atomic E-state index is 12.9. The molecule has 1 amide bonds. The van der Waals surface area contributed by atoms with Gasteiger partial charge in [-0.15, -0.1) is 0 Å². The Kier molecular flexibility index (Phi) is 4.67. The second-order valence-electron chi connectivity index (χ2n) is 5.64. The molecule has 2 heterocycles. The van der Waals surface area contributed by atoms with Crippen molar-refractivity contribution in [1.29, 1.82) is 0 Å². The number of rotatable bonds is 4. The number of benzene rings is 1. The summed E-state index contributed by atoms with van der Waals surface area (Å²) in [7, 11) is 3.13. The van der Waals surface area contributed by atoms with E-state index in [2.05, 4.69) is 26.2 Å². The van der Waals surface area contributed by atoms with E-state index in [1.165, 1.54) is 0 Å². The number of pyridine rings is 1. The lowest BCUT2D eigenvalue weighted by Gasteiger charge is -2.10. The number of carbonyl (C=O) groups excluding carboxylic acids is 1. The van der Waals surface area contributed by atoms with Crippen molar-refractivity contribution in [2.45, 2.75) is 13.8 Å². The van der Waals surface area contributed by atoms with Crippen LogP contribution < -0.4 is 14.8 Å². The van der Waals surface area contributed by atoms with Crippen LogP contribution in [0.4, 0.5) is 5.69 Å². The zero-order valence-electron chi connectivity index (χ0n) is 14.4. The van der Waals surface area contributed by atoms with Gasteiger partial charge in [0.05, 0.1) is 19.9 Å². The average Bonchev–Trinajstić information content (AvgIpc) is 2.90. The van der Waals surface area contributed by atoms with Crippen LogP contribution in [0.15, 0.2) is 34.9 Å². The first-order chi connectivity index (χ1) is 11.9. The third kappa shape index (κ3) is 3.32. The summed E-state index contributed by atoms with van der Waals surface area (Å²) < 4.78 is 13.2. The molecule has 0 fully saturated rings. The SMILES string of the molecule is COc1cc(NC(=O)c2c(C)nc3c(C)cc(Br)cn23)cc(OC)c1. The second-order valence-corrected chi connectivity index (χ2v) is 6.55. The van der Waals surface area contributed by atoms with Gasteiger partial charge in [-0.1, -0.05) is 0 Å². The van der Waals surface area contributed by atoms with E-state index >= 15 is 0 Å². The number of carbonyl (C=O) groups is 1. The molecule has 1 aromatic carbocycles. The molecule has 7 heteroatoms. The van der Waals surface area contributed by atoms with E-state index in [1.807, 2.05) is 26.1 Å². The molecule has 1 N–H and O–H groups in total. The Labute approximate surface area is 153 Å². The summed E-state index contributed by atoms with van der Waals surface area (Å²) in [4.78, 5) is 17.4. The molecule has 0 aliphatic rings. The minimum absolute atomic E-state index is 0.252. The van der Waals surface area contributed by atoms with Crippen LogP contribution in [-0.2, 0) is 0 Å². The van der Waals surface area contributed by atoms with Gasteiger partial charge in [0.15, 0.2) is 0 Å². The molecule has 0 spiro atoms. The fourth-order valence-electron chi connectivity index (χ4n) is 2.73. The summed E-state index contributed by atoms with van der Waals surface area (Å²) in [5.74, 6) is 0.948. The van der Waals surface area contributed by atoms with Gasteiger partial charge in [0.25, 0.3) is 5.91 Å². The number of methoxy groups -OCH3 is 2. The number of aromatic nitrogens is 2. The quantitative estimate of drug-likeness (QED) is 0.715. The van der Waals surface area contributed by atoms with Crippen LogP contribution in [0.5, 0.6) is 11.5 Å². The van der Waals surface area contributed by atoms with E-state index in [0.29, 0.717) is 28.6 Å². The third-order valence-electron chi connectivity index (χ3n) is 3.87. The van der Waals surface area contributed by atoms with E-state index < -0.39 is 0 Å². The van der Waals surface area contributed by atoms with Crippen LogP contribution in [0.3, 0.4) is 0 Å². The monoisotopic (exact) mass is 403 g/mol. The smallest absolute Gasteiger partial charge is 0.274 e. The topological polar surface area (TPSA) is 64.9 Å². The van der Waals surface area contributed by atoms with Gasteiger partial charge in [-0.05, 0) is 41.4 Å². The number of nitrogens with zero attached hydrogens (tertiary/aromatic N) is 2. The molecule has 3 rings (SSSR count). The van der Waals surface area contributed by atoms with Crippen molar-refractivity contribution in [2.75, 3.05) is 19.5 Å². The summed E-state index contributed by atoms with van der Waals surface area (Å²) in [6, 6.07) is 7.19. The molecule has 6 nitrogen and oxygen atoms in total. The van der Waals surface area contributed by atoms with Crippen LogP contribution >= 0.6 is 15.9 Å². The number of amides is 1. The summed E-state index contributed by atoms with van der Waals surface area (Å²) in [5, 5.41) is 2.89. The molecule has 0 saturated carbocycles. The van der Waals surface area contributed by atoms with Gasteiger partial charge in [0, 0.05) is 34.6 Å². The van der Waals surface area contributed by atoms with Crippen LogP contribution in [0.25, 0.3) is 5.65 Å². The Morgan fingerprint density at radius 2 is 1.76 bits per heavy atom. The minimum atomic E-state index is -0.252. The fraction of sp³-hybridized carbons (Fsp3) is 0.222. The van der Waals surface area contributed by atoms with Gasteiger partial charge >= 0.3 is 0 Å². The second kappa shape index (κ2) is 6.76. The van der Waals surface area contributed by atoms with Crippen LogP contribution in [-0.4, -0.2) is 29.5 Å². The van der Waals surface area contributed by atoms with E-state index in [0.717, 1.165) is 15.7 Å². The van der Waals surface area contributed by atoms with Crippen molar-refractivity contribution >= 4 is 33.2 Å². The van der Waals surface area contributed by atoms with E-state index in [9.17, 15) is 4.79 Å². The number of nitrogens with one attached hydrogen (secondary N) is 1. The molecule has 2 aromatic heterocycles. The Morgan fingerprint density at radius 1 is 1.12 bits per heavy atom. The van der Waals surface area contributed by atoms with E-state index in [-0.39, 0.29) is 5.91 Å². The van der Waals surface area contributed by atoms with Crippen LogP contribution in [0.2, 0.25) is 0 Å². The van der Waals surface area contributed by atoms with Crippen LogP contribution in [0.1, 0.15) is 21.7 Å². The van der Waals surface area contributed by atoms with Gasteiger partial charge < -0.3 is 14.8 Å². The Balaban J connectivity index is 2.02. The summed E-state index contributed by atoms with van der Waals surface area (Å²) >= 11 is 3.47. The Bertz CT molecular complexity index is 944. The maximum atomic E-state index is 12.9. The maximum Gasteiger partial charge on any atom is 0.274 e. The van der Waals surface area contributed by atoms with Crippen LogP contribution in [0, 0.1) is 13.8 Å². The number of aryl methyl sites for hydroxylation is 2. The minimum Gasteiger partial charge on any atom is -0.497 e. The highest BCUT2D eigenvalue weighted by Crippen LogP contribution is 2.27. The molecule has 0 unspecified atom stereocenters. The molecule has 3 aromatic rings. The molecule has 0 saturated heterocycles. The first-order valence-electron chi connectivity index (χ1n) is 7.62. The number of ether oxygens (including phenoxy) is 2. The van der Waals surface area contributed by atoms with Gasteiger partial charge in [0.2, 0.25) is 0 Å². The molecule has 0 atom stereocenters. The van der Waals surface area contributed by atoms with E-state index in [1.54, 1.807) is 36.8 Å². The summed E-state index contributed by atoms with van der Waals surface area (Å²) in [6.07, 6.45) is 1.84. The summed E-state index contributed by atoms with van der Waals surface area (Å²) in [5.41, 5.74) is 3.48. The zero-order valence-corrected chi connectivity index (χ0v) is 16.0. The van der Waals surface area contributed by atoms with Crippen molar-refractivity contribution in [3.05, 3.63) is 51.9 Å². The molecule has 0 radical (unpaired) electrons. The molecule has 0 bridgehead atoms.